The van der Waals surface area contributed by atoms with Gasteiger partial charge >= 0.3 is 0 Å². The van der Waals surface area contributed by atoms with Gasteiger partial charge in [-0.2, -0.15) is 4.98 Å². The van der Waals surface area contributed by atoms with E-state index in [1.54, 1.807) is 18.4 Å². The number of fused-ring (bicyclic) bond motifs is 1. The highest BCUT2D eigenvalue weighted by Gasteiger charge is 2.25. The van der Waals surface area contributed by atoms with Gasteiger partial charge in [0.05, 0.1) is 11.5 Å². The Kier molecular flexibility index (Phi) is 3.52. The fraction of sp³-hybridized carbons (Fsp3) is 0.538. The van der Waals surface area contributed by atoms with Crippen LogP contribution in [0.3, 0.4) is 0 Å². The predicted octanol–water partition coefficient (Wildman–Crippen LogP) is 2.35. The zero-order chi connectivity index (χ0) is 13.2. The molecule has 2 aromatic heterocycles. The molecule has 1 saturated heterocycles. The van der Waals surface area contributed by atoms with Crippen molar-refractivity contribution < 1.29 is 4.74 Å². The molecule has 1 N–H and O–H groups in total. The van der Waals surface area contributed by atoms with Crippen LogP contribution in [0.5, 0.6) is 0 Å². The highest BCUT2D eigenvalue weighted by atomic mass is 32.1. The number of thiophene rings is 1. The highest BCUT2D eigenvalue weighted by Crippen LogP contribution is 2.31. The first-order valence-electron chi connectivity index (χ1n) is 6.58. The number of nitrogens with one attached hydrogen (secondary N) is 1. The average Bonchev–Trinajstić information content (AvgIpc) is 3.06. The summed E-state index contributed by atoms with van der Waals surface area (Å²) in [5, 5.41) is 6.42. The SMILES string of the molecule is CCNc1nc(N2CCC(OC)C2)c2ccsc2n1. The summed E-state index contributed by atoms with van der Waals surface area (Å²) in [5.74, 6) is 1.75. The molecule has 2 aromatic rings. The van der Waals surface area contributed by atoms with Crippen molar-refractivity contribution in [2.24, 2.45) is 0 Å². The van der Waals surface area contributed by atoms with Gasteiger partial charge < -0.3 is 15.0 Å². The molecule has 6 heteroatoms. The minimum Gasteiger partial charge on any atom is -0.380 e. The largest absolute Gasteiger partial charge is 0.380 e. The standard InChI is InChI=1S/C13H18N4OS/c1-3-14-13-15-11(10-5-7-19-12(10)16-13)17-6-4-9(8-17)18-2/h5,7,9H,3-4,6,8H2,1-2H3,(H,14,15,16). The van der Waals surface area contributed by atoms with Gasteiger partial charge in [0.15, 0.2) is 0 Å². The minimum absolute atomic E-state index is 0.311. The Morgan fingerprint density at radius 3 is 3.16 bits per heavy atom. The van der Waals surface area contributed by atoms with E-state index in [1.165, 1.54) is 0 Å². The van der Waals surface area contributed by atoms with Gasteiger partial charge in [-0.15, -0.1) is 11.3 Å². The van der Waals surface area contributed by atoms with E-state index in [-0.39, 0.29) is 0 Å². The number of rotatable bonds is 4. The monoisotopic (exact) mass is 278 g/mol. The normalized spacial score (nSPS) is 19.3. The first-order chi connectivity index (χ1) is 9.31. The van der Waals surface area contributed by atoms with Crippen molar-refractivity contribution in [3.63, 3.8) is 0 Å². The second-order valence-electron chi connectivity index (χ2n) is 4.63. The van der Waals surface area contributed by atoms with Crippen molar-refractivity contribution >= 4 is 33.3 Å². The lowest BCUT2D eigenvalue weighted by Crippen LogP contribution is -2.23. The number of hydrogen-bond acceptors (Lipinski definition) is 6. The summed E-state index contributed by atoms with van der Waals surface area (Å²) in [6.45, 7) is 4.78. The second kappa shape index (κ2) is 5.30. The molecule has 3 rings (SSSR count). The maximum absolute atomic E-state index is 5.44. The van der Waals surface area contributed by atoms with Crippen molar-refractivity contribution in [3.8, 4) is 0 Å². The predicted molar refractivity (Wildman–Crippen MR) is 79.2 cm³/mol. The molecule has 3 heterocycles. The summed E-state index contributed by atoms with van der Waals surface area (Å²) in [4.78, 5) is 12.5. The summed E-state index contributed by atoms with van der Waals surface area (Å²) in [7, 11) is 1.78. The maximum Gasteiger partial charge on any atom is 0.226 e. The smallest absolute Gasteiger partial charge is 0.226 e. The number of ether oxygens (including phenoxy) is 1. The zero-order valence-electron chi connectivity index (χ0n) is 11.2. The van der Waals surface area contributed by atoms with E-state index in [9.17, 15) is 0 Å². The summed E-state index contributed by atoms with van der Waals surface area (Å²) >= 11 is 1.66. The van der Waals surface area contributed by atoms with Crippen LogP contribution in [-0.2, 0) is 4.74 Å². The molecule has 0 aromatic carbocycles. The van der Waals surface area contributed by atoms with Crippen molar-refractivity contribution in [2.75, 3.05) is 37.0 Å². The van der Waals surface area contributed by atoms with Gasteiger partial charge in [-0.1, -0.05) is 0 Å². The molecule has 0 aliphatic carbocycles. The van der Waals surface area contributed by atoms with E-state index >= 15 is 0 Å². The van der Waals surface area contributed by atoms with Gasteiger partial charge in [0.25, 0.3) is 0 Å². The first-order valence-corrected chi connectivity index (χ1v) is 7.46. The molecule has 0 radical (unpaired) electrons. The Labute approximate surface area is 116 Å². The molecule has 102 valence electrons. The van der Waals surface area contributed by atoms with Crippen LogP contribution in [0.1, 0.15) is 13.3 Å². The Balaban J connectivity index is 1.98. The number of methoxy groups -OCH3 is 1. The molecule has 19 heavy (non-hydrogen) atoms. The molecule has 1 unspecified atom stereocenters. The Bertz CT molecular complexity index is 571. The van der Waals surface area contributed by atoms with E-state index in [4.69, 9.17) is 4.74 Å². The molecule has 1 aliphatic heterocycles. The number of nitrogens with zero attached hydrogens (tertiary/aromatic N) is 3. The third kappa shape index (κ3) is 2.37. The van der Waals surface area contributed by atoms with Crippen LogP contribution >= 0.6 is 11.3 Å². The van der Waals surface area contributed by atoms with Gasteiger partial charge in [-0.3, -0.25) is 0 Å². The molecular formula is C13H18N4OS. The number of anilines is 2. The molecular weight excluding hydrogens is 260 g/mol. The van der Waals surface area contributed by atoms with Crippen LogP contribution < -0.4 is 10.2 Å². The molecule has 1 atom stereocenters. The van der Waals surface area contributed by atoms with Gasteiger partial charge in [0.1, 0.15) is 10.6 Å². The van der Waals surface area contributed by atoms with E-state index in [0.29, 0.717) is 12.1 Å². The van der Waals surface area contributed by atoms with E-state index in [0.717, 1.165) is 42.1 Å². The Morgan fingerprint density at radius 2 is 2.42 bits per heavy atom. The first kappa shape index (κ1) is 12.6. The quantitative estimate of drug-likeness (QED) is 0.930. The molecule has 0 saturated carbocycles. The summed E-state index contributed by atoms with van der Waals surface area (Å²) in [6, 6.07) is 2.10. The third-order valence-electron chi connectivity index (χ3n) is 3.42. The van der Waals surface area contributed by atoms with Gasteiger partial charge in [0, 0.05) is 26.7 Å². The summed E-state index contributed by atoms with van der Waals surface area (Å²) in [5.41, 5.74) is 0. The molecule has 5 nitrogen and oxygen atoms in total. The van der Waals surface area contributed by atoms with Crippen LogP contribution in [0.4, 0.5) is 11.8 Å². The van der Waals surface area contributed by atoms with Crippen molar-refractivity contribution in [3.05, 3.63) is 11.4 Å². The fourth-order valence-electron chi connectivity index (χ4n) is 2.43. The van der Waals surface area contributed by atoms with Gasteiger partial charge in [-0.05, 0) is 24.8 Å². The molecule has 1 aliphatic rings. The number of aromatic nitrogens is 2. The second-order valence-corrected chi connectivity index (χ2v) is 5.53. The van der Waals surface area contributed by atoms with Gasteiger partial charge in [-0.25, -0.2) is 4.98 Å². The lowest BCUT2D eigenvalue weighted by Gasteiger charge is -2.18. The van der Waals surface area contributed by atoms with Crippen LogP contribution in [0.2, 0.25) is 0 Å². The van der Waals surface area contributed by atoms with Crippen LogP contribution in [0.25, 0.3) is 10.2 Å². The molecule has 1 fully saturated rings. The topological polar surface area (TPSA) is 50.3 Å². The summed E-state index contributed by atoms with van der Waals surface area (Å²) in [6.07, 6.45) is 1.37. The molecule has 0 spiro atoms. The highest BCUT2D eigenvalue weighted by molar-refractivity contribution is 7.16. The maximum atomic E-state index is 5.44. The van der Waals surface area contributed by atoms with E-state index in [2.05, 4.69) is 38.6 Å². The third-order valence-corrected chi connectivity index (χ3v) is 4.22. The average molecular weight is 278 g/mol. The minimum atomic E-state index is 0.311. The van der Waals surface area contributed by atoms with Crippen LogP contribution in [-0.4, -0.2) is 42.8 Å². The van der Waals surface area contributed by atoms with Crippen molar-refractivity contribution in [1.82, 2.24) is 9.97 Å². The van der Waals surface area contributed by atoms with Crippen molar-refractivity contribution in [2.45, 2.75) is 19.4 Å². The van der Waals surface area contributed by atoms with Crippen molar-refractivity contribution in [1.29, 1.82) is 0 Å². The lowest BCUT2D eigenvalue weighted by molar-refractivity contribution is 0.121. The Morgan fingerprint density at radius 1 is 1.53 bits per heavy atom. The number of hydrogen-bond donors (Lipinski definition) is 1. The van der Waals surface area contributed by atoms with Crippen LogP contribution in [0, 0.1) is 0 Å². The van der Waals surface area contributed by atoms with E-state index < -0.39 is 0 Å². The summed E-state index contributed by atoms with van der Waals surface area (Å²) < 4.78 is 5.44. The van der Waals surface area contributed by atoms with Crippen LogP contribution in [0.15, 0.2) is 11.4 Å². The fourth-order valence-corrected chi connectivity index (χ4v) is 3.19. The zero-order valence-corrected chi connectivity index (χ0v) is 12.0. The van der Waals surface area contributed by atoms with Gasteiger partial charge in [0.2, 0.25) is 5.95 Å². The molecule has 0 bridgehead atoms. The lowest BCUT2D eigenvalue weighted by atomic mass is 10.3. The van der Waals surface area contributed by atoms with E-state index in [1.807, 2.05) is 0 Å². The molecule has 0 amide bonds. The Hall–Kier alpha value is -1.40.